The summed E-state index contributed by atoms with van der Waals surface area (Å²) in [5, 5.41) is 8.76. The topological polar surface area (TPSA) is 48.9 Å². The van der Waals surface area contributed by atoms with Crippen molar-refractivity contribution >= 4 is 11.0 Å². The highest BCUT2D eigenvalue weighted by Crippen LogP contribution is 2.18. The van der Waals surface area contributed by atoms with E-state index >= 15 is 0 Å². The third kappa shape index (κ3) is 2.02. The van der Waals surface area contributed by atoms with Gasteiger partial charge in [0.1, 0.15) is 5.82 Å². The number of aromatic nitrogens is 2. The number of nitrogens with one attached hydrogen (secondary N) is 1. The molecule has 1 aromatic carbocycles. The predicted octanol–water partition coefficient (Wildman–Crippen LogP) is 2.10. The Morgan fingerprint density at radius 2 is 2.13 bits per heavy atom. The fraction of sp³-hybridized carbons (Fsp3) is 0.417. The molecule has 0 aliphatic heterocycles. The summed E-state index contributed by atoms with van der Waals surface area (Å²) in [5.41, 5.74) is 4.60. The van der Waals surface area contributed by atoms with E-state index in [1.165, 1.54) is 11.1 Å². The smallest absolute Gasteiger partial charge is 0.107 e. The molecule has 0 bridgehead atoms. The molecule has 2 aromatic rings. The first-order valence-corrected chi connectivity index (χ1v) is 5.27. The van der Waals surface area contributed by atoms with E-state index in [0.717, 1.165) is 29.7 Å². The Labute approximate surface area is 89.2 Å². The minimum absolute atomic E-state index is 0.217. The molecule has 3 heteroatoms. The number of nitrogens with zero attached hydrogens (tertiary/aromatic N) is 1. The summed E-state index contributed by atoms with van der Waals surface area (Å²) < 4.78 is 0. The van der Waals surface area contributed by atoms with E-state index in [0.29, 0.717) is 0 Å². The minimum atomic E-state index is 0.217. The number of hydrogen-bond acceptors (Lipinski definition) is 2. The lowest BCUT2D eigenvalue weighted by molar-refractivity contribution is 0.287. The van der Waals surface area contributed by atoms with Crippen molar-refractivity contribution in [2.24, 2.45) is 0 Å². The van der Waals surface area contributed by atoms with Crippen LogP contribution in [0, 0.1) is 13.8 Å². The van der Waals surface area contributed by atoms with Crippen LogP contribution in [0.5, 0.6) is 0 Å². The summed E-state index contributed by atoms with van der Waals surface area (Å²) >= 11 is 0. The third-order valence-corrected chi connectivity index (χ3v) is 2.54. The van der Waals surface area contributed by atoms with Gasteiger partial charge in [-0.05, 0) is 37.5 Å². The molecule has 0 aliphatic rings. The number of fused-ring (bicyclic) bond motifs is 1. The van der Waals surface area contributed by atoms with E-state index in [-0.39, 0.29) is 6.61 Å². The number of hydrogen-bond donors (Lipinski definition) is 2. The number of aliphatic hydroxyl groups is 1. The standard InChI is InChI=1S/C12H16N2O/c1-8-6-9(2)12-10(7-8)13-11(14-12)4-3-5-15/h6-7,15H,3-5H2,1-2H3,(H,13,14). The van der Waals surface area contributed by atoms with Gasteiger partial charge in [0.2, 0.25) is 0 Å². The van der Waals surface area contributed by atoms with Gasteiger partial charge in [-0.2, -0.15) is 0 Å². The van der Waals surface area contributed by atoms with Crippen molar-refractivity contribution in [2.45, 2.75) is 26.7 Å². The van der Waals surface area contributed by atoms with Crippen LogP contribution in [0.3, 0.4) is 0 Å². The van der Waals surface area contributed by atoms with Crippen molar-refractivity contribution in [1.82, 2.24) is 9.97 Å². The molecule has 80 valence electrons. The SMILES string of the molecule is Cc1cc(C)c2nc(CCCO)[nH]c2c1. The van der Waals surface area contributed by atoms with Crippen LogP contribution >= 0.6 is 0 Å². The maximum absolute atomic E-state index is 8.76. The van der Waals surface area contributed by atoms with Crippen LogP contribution in [0.15, 0.2) is 12.1 Å². The first-order chi connectivity index (χ1) is 7.20. The molecule has 0 radical (unpaired) electrons. The summed E-state index contributed by atoms with van der Waals surface area (Å²) in [4.78, 5) is 7.81. The Bertz CT molecular complexity index is 474. The van der Waals surface area contributed by atoms with Gasteiger partial charge in [0, 0.05) is 13.0 Å². The van der Waals surface area contributed by atoms with E-state index in [2.05, 4.69) is 35.9 Å². The maximum atomic E-state index is 8.76. The fourth-order valence-electron chi connectivity index (χ4n) is 1.89. The zero-order chi connectivity index (χ0) is 10.8. The second-order valence-corrected chi connectivity index (χ2v) is 3.99. The molecule has 0 amide bonds. The summed E-state index contributed by atoms with van der Waals surface area (Å²) in [5.74, 6) is 0.966. The highest BCUT2D eigenvalue weighted by molar-refractivity contribution is 5.79. The first-order valence-electron chi connectivity index (χ1n) is 5.27. The van der Waals surface area contributed by atoms with Crippen molar-refractivity contribution in [3.63, 3.8) is 0 Å². The van der Waals surface area contributed by atoms with E-state index < -0.39 is 0 Å². The number of aryl methyl sites for hydroxylation is 3. The van der Waals surface area contributed by atoms with Gasteiger partial charge in [-0.15, -0.1) is 0 Å². The van der Waals surface area contributed by atoms with Gasteiger partial charge in [0.05, 0.1) is 11.0 Å². The molecule has 0 unspecified atom stereocenters. The highest BCUT2D eigenvalue weighted by atomic mass is 16.2. The van der Waals surface area contributed by atoms with E-state index in [1.807, 2.05) is 0 Å². The Balaban J connectivity index is 2.41. The average molecular weight is 204 g/mol. The number of aromatic amines is 1. The molecule has 0 spiro atoms. The molecular formula is C12H16N2O. The zero-order valence-corrected chi connectivity index (χ0v) is 9.17. The number of rotatable bonds is 3. The summed E-state index contributed by atoms with van der Waals surface area (Å²) in [6.45, 7) is 4.38. The Hall–Kier alpha value is -1.35. The third-order valence-electron chi connectivity index (χ3n) is 2.54. The van der Waals surface area contributed by atoms with Crippen molar-refractivity contribution < 1.29 is 5.11 Å². The molecule has 15 heavy (non-hydrogen) atoms. The lowest BCUT2D eigenvalue weighted by atomic mass is 10.1. The molecule has 0 aliphatic carbocycles. The van der Waals surface area contributed by atoms with E-state index in [9.17, 15) is 0 Å². The van der Waals surface area contributed by atoms with Gasteiger partial charge in [0.25, 0.3) is 0 Å². The summed E-state index contributed by atoms with van der Waals surface area (Å²) in [6.07, 6.45) is 1.57. The monoisotopic (exact) mass is 204 g/mol. The molecule has 1 heterocycles. The van der Waals surface area contributed by atoms with Gasteiger partial charge in [-0.3, -0.25) is 0 Å². The zero-order valence-electron chi connectivity index (χ0n) is 9.17. The van der Waals surface area contributed by atoms with Crippen LogP contribution in [-0.4, -0.2) is 21.7 Å². The van der Waals surface area contributed by atoms with Crippen LogP contribution in [0.25, 0.3) is 11.0 Å². The molecule has 1 aromatic heterocycles. The number of benzene rings is 1. The Kier molecular flexibility index (Phi) is 2.73. The van der Waals surface area contributed by atoms with Gasteiger partial charge in [-0.25, -0.2) is 4.98 Å². The van der Waals surface area contributed by atoms with Crippen molar-refractivity contribution in [1.29, 1.82) is 0 Å². The second-order valence-electron chi connectivity index (χ2n) is 3.99. The lowest BCUT2D eigenvalue weighted by Crippen LogP contribution is -1.91. The van der Waals surface area contributed by atoms with Gasteiger partial charge >= 0.3 is 0 Å². The Morgan fingerprint density at radius 1 is 1.33 bits per heavy atom. The normalized spacial score (nSPS) is 11.1. The van der Waals surface area contributed by atoms with Crippen molar-refractivity contribution in [2.75, 3.05) is 6.61 Å². The number of imidazole rings is 1. The van der Waals surface area contributed by atoms with Crippen LogP contribution < -0.4 is 0 Å². The molecule has 3 nitrogen and oxygen atoms in total. The molecule has 2 rings (SSSR count). The van der Waals surface area contributed by atoms with Gasteiger partial charge in [-0.1, -0.05) is 6.07 Å². The van der Waals surface area contributed by atoms with Crippen LogP contribution in [-0.2, 0) is 6.42 Å². The lowest BCUT2D eigenvalue weighted by Gasteiger charge is -1.96. The van der Waals surface area contributed by atoms with Crippen molar-refractivity contribution in [3.05, 3.63) is 29.1 Å². The highest BCUT2D eigenvalue weighted by Gasteiger charge is 2.05. The fourth-order valence-corrected chi connectivity index (χ4v) is 1.89. The second kappa shape index (κ2) is 4.03. The number of H-pyrrole nitrogens is 1. The van der Waals surface area contributed by atoms with Crippen LogP contribution in [0.4, 0.5) is 0 Å². The molecule has 0 saturated carbocycles. The number of aliphatic hydroxyl groups excluding tert-OH is 1. The average Bonchev–Trinajstić information content (AvgIpc) is 2.57. The van der Waals surface area contributed by atoms with Gasteiger partial charge < -0.3 is 10.1 Å². The molecule has 0 saturated heterocycles. The molecule has 2 N–H and O–H groups in total. The summed E-state index contributed by atoms with van der Waals surface area (Å²) in [6, 6.07) is 4.25. The predicted molar refractivity (Wildman–Crippen MR) is 61.0 cm³/mol. The largest absolute Gasteiger partial charge is 0.396 e. The van der Waals surface area contributed by atoms with Crippen molar-refractivity contribution in [3.8, 4) is 0 Å². The van der Waals surface area contributed by atoms with Crippen LogP contribution in [0.1, 0.15) is 23.4 Å². The Morgan fingerprint density at radius 3 is 2.87 bits per heavy atom. The van der Waals surface area contributed by atoms with E-state index in [4.69, 9.17) is 5.11 Å². The first kappa shape index (κ1) is 10.2. The summed E-state index contributed by atoms with van der Waals surface area (Å²) in [7, 11) is 0. The quantitative estimate of drug-likeness (QED) is 0.804. The minimum Gasteiger partial charge on any atom is -0.396 e. The molecule has 0 fully saturated rings. The molecular weight excluding hydrogens is 188 g/mol. The molecule has 0 atom stereocenters. The van der Waals surface area contributed by atoms with E-state index in [1.54, 1.807) is 0 Å². The van der Waals surface area contributed by atoms with Gasteiger partial charge in [0.15, 0.2) is 0 Å². The van der Waals surface area contributed by atoms with Crippen LogP contribution in [0.2, 0.25) is 0 Å². The maximum Gasteiger partial charge on any atom is 0.107 e.